The number of fused-ring (bicyclic) bond motifs is 2. The maximum atomic E-state index is 11.2. The van der Waals surface area contributed by atoms with Gasteiger partial charge in [0.25, 0.3) is 0 Å². The monoisotopic (exact) mass is 612 g/mol. The summed E-state index contributed by atoms with van der Waals surface area (Å²) < 4.78 is 12.8. The molecule has 6 aromatic rings. The molecule has 2 heterocycles. The van der Waals surface area contributed by atoms with Crippen LogP contribution >= 0.6 is 22.7 Å². The van der Waals surface area contributed by atoms with Crippen molar-refractivity contribution in [3.05, 3.63) is 118 Å². The molecule has 0 saturated carbocycles. The number of rotatable bonds is 7. The summed E-state index contributed by atoms with van der Waals surface area (Å²) in [5.41, 5.74) is 3.61. The number of carboxylic acid groups (broad SMARTS) is 1. The standard InChI is InChI=1S/C36H24N2O4S2/c1-41-30-12-8-28(9-13-30)38(29-10-14-31(42-2)15-11-29)27-6-3-23(4-7-27)5-16-32-17-24-20-35-25(21-34(24)43-32)18-33(44-35)19-26(22-37)36(39)40/h3-4,6-15,17-21H,1-2H3,(H,39,40)/b26-19+. The van der Waals surface area contributed by atoms with Crippen molar-refractivity contribution in [2.45, 2.75) is 0 Å². The summed E-state index contributed by atoms with van der Waals surface area (Å²) in [5.74, 6) is 6.97. The molecule has 6 nitrogen and oxygen atoms in total. The van der Waals surface area contributed by atoms with Gasteiger partial charge in [0.1, 0.15) is 23.1 Å². The van der Waals surface area contributed by atoms with E-state index in [1.54, 1.807) is 31.6 Å². The molecule has 0 amide bonds. The number of carboxylic acids is 1. The number of thiophene rings is 2. The molecule has 0 radical (unpaired) electrons. The quantitative estimate of drug-likeness (QED) is 0.110. The topological polar surface area (TPSA) is 82.8 Å². The van der Waals surface area contributed by atoms with Crippen molar-refractivity contribution >= 4 is 72.0 Å². The van der Waals surface area contributed by atoms with Gasteiger partial charge < -0.3 is 19.5 Å². The van der Waals surface area contributed by atoms with Crippen LogP contribution in [0.15, 0.2) is 103 Å². The van der Waals surface area contributed by atoms with E-state index in [2.05, 4.69) is 47.1 Å². The molecule has 0 atom stereocenters. The van der Waals surface area contributed by atoms with Crippen LogP contribution in [-0.2, 0) is 4.79 Å². The van der Waals surface area contributed by atoms with Crippen molar-refractivity contribution in [2.24, 2.45) is 0 Å². The smallest absolute Gasteiger partial charge is 0.346 e. The first-order chi connectivity index (χ1) is 21.4. The number of ether oxygens (including phenoxy) is 2. The summed E-state index contributed by atoms with van der Waals surface area (Å²) in [4.78, 5) is 15.1. The van der Waals surface area contributed by atoms with Crippen molar-refractivity contribution in [3.63, 3.8) is 0 Å². The lowest BCUT2D eigenvalue weighted by molar-refractivity contribution is -0.132. The van der Waals surface area contributed by atoms with Crippen LogP contribution in [0, 0.1) is 23.2 Å². The molecule has 0 aliphatic heterocycles. The van der Waals surface area contributed by atoms with Gasteiger partial charge in [-0.25, -0.2) is 4.79 Å². The zero-order valence-electron chi connectivity index (χ0n) is 23.7. The van der Waals surface area contributed by atoms with E-state index < -0.39 is 5.97 Å². The third-order valence-corrected chi connectivity index (χ3v) is 8.99. The van der Waals surface area contributed by atoms with E-state index in [9.17, 15) is 4.79 Å². The SMILES string of the molecule is COc1ccc(N(c2ccc(C#Cc3cc4cc5sc(/C=C(\C#N)C(=O)O)cc5cc4s3)cc2)c2ccc(OC)cc2)cc1. The zero-order valence-corrected chi connectivity index (χ0v) is 25.3. The van der Waals surface area contributed by atoms with Gasteiger partial charge in [-0.1, -0.05) is 11.8 Å². The number of hydrogen-bond donors (Lipinski definition) is 1. The Labute approximate surface area is 262 Å². The van der Waals surface area contributed by atoms with Gasteiger partial charge in [-0.3, -0.25) is 0 Å². The lowest BCUT2D eigenvalue weighted by atomic mass is 10.1. The lowest BCUT2D eigenvalue weighted by Gasteiger charge is -2.25. The molecular weight excluding hydrogens is 589 g/mol. The van der Waals surface area contributed by atoms with E-state index in [1.165, 1.54) is 17.4 Å². The number of aliphatic carboxylic acids is 1. The highest BCUT2D eigenvalue weighted by molar-refractivity contribution is 7.21. The molecule has 4 aromatic carbocycles. The number of nitrogens with zero attached hydrogens (tertiary/aromatic N) is 2. The highest BCUT2D eigenvalue weighted by atomic mass is 32.1. The Morgan fingerprint density at radius 3 is 1.80 bits per heavy atom. The second kappa shape index (κ2) is 12.4. The molecule has 0 spiro atoms. The first kappa shape index (κ1) is 28.6. The van der Waals surface area contributed by atoms with Crippen LogP contribution in [0.2, 0.25) is 0 Å². The molecule has 44 heavy (non-hydrogen) atoms. The van der Waals surface area contributed by atoms with Gasteiger partial charge >= 0.3 is 5.97 Å². The molecule has 0 aliphatic carbocycles. The van der Waals surface area contributed by atoms with E-state index in [0.717, 1.165) is 64.1 Å². The number of benzene rings is 4. The van der Waals surface area contributed by atoms with E-state index >= 15 is 0 Å². The highest BCUT2D eigenvalue weighted by Gasteiger charge is 2.13. The highest BCUT2D eigenvalue weighted by Crippen LogP contribution is 2.37. The molecule has 0 aliphatic rings. The Bertz CT molecular complexity index is 2030. The molecule has 8 heteroatoms. The first-order valence-corrected chi connectivity index (χ1v) is 15.1. The maximum absolute atomic E-state index is 11.2. The Hall–Kier alpha value is -5.54. The minimum Gasteiger partial charge on any atom is -0.497 e. The predicted octanol–water partition coefficient (Wildman–Crippen LogP) is 8.99. The average Bonchev–Trinajstić information content (AvgIpc) is 3.64. The van der Waals surface area contributed by atoms with E-state index in [4.69, 9.17) is 19.8 Å². The zero-order chi connectivity index (χ0) is 30.6. The summed E-state index contributed by atoms with van der Waals surface area (Å²) in [6.45, 7) is 0. The second-order valence-electron chi connectivity index (χ2n) is 9.69. The van der Waals surface area contributed by atoms with Crippen molar-refractivity contribution < 1.29 is 19.4 Å². The van der Waals surface area contributed by atoms with Gasteiger partial charge in [0.05, 0.1) is 19.1 Å². The number of methoxy groups -OCH3 is 2. The Morgan fingerprint density at radius 1 is 0.750 bits per heavy atom. The Kier molecular flexibility index (Phi) is 8.03. The molecular formula is C36H24N2O4S2. The van der Waals surface area contributed by atoms with Gasteiger partial charge in [0.15, 0.2) is 0 Å². The molecule has 6 rings (SSSR count). The normalized spacial score (nSPS) is 11.1. The fourth-order valence-corrected chi connectivity index (χ4v) is 6.73. The van der Waals surface area contributed by atoms with Crippen molar-refractivity contribution in [1.82, 2.24) is 0 Å². The molecule has 0 unspecified atom stereocenters. The minimum absolute atomic E-state index is 0.280. The largest absolute Gasteiger partial charge is 0.497 e. The number of nitriles is 1. The van der Waals surface area contributed by atoms with Crippen LogP contribution in [-0.4, -0.2) is 25.3 Å². The van der Waals surface area contributed by atoms with E-state index in [0.29, 0.717) is 0 Å². The molecule has 2 aromatic heterocycles. The van der Waals surface area contributed by atoms with Crippen LogP contribution in [0.4, 0.5) is 17.1 Å². The summed E-state index contributed by atoms with van der Waals surface area (Å²) in [6, 6.07) is 33.9. The van der Waals surface area contributed by atoms with Crippen LogP contribution in [0.3, 0.4) is 0 Å². The third-order valence-electron chi connectivity index (χ3n) is 6.93. The Balaban J connectivity index is 1.26. The summed E-state index contributed by atoms with van der Waals surface area (Å²) >= 11 is 3.07. The first-order valence-electron chi connectivity index (χ1n) is 13.5. The molecule has 0 bridgehead atoms. The number of anilines is 3. The maximum Gasteiger partial charge on any atom is 0.346 e. The van der Waals surface area contributed by atoms with Crippen molar-refractivity contribution in [3.8, 4) is 29.4 Å². The van der Waals surface area contributed by atoms with E-state index in [-0.39, 0.29) is 5.57 Å². The van der Waals surface area contributed by atoms with Gasteiger partial charge in [0, 0.05) is 36.9 Å². The van der Waals surface area contributed by atoms with Crippen LogP contribution < -0.4 is 14.4 Å². The van der Waals surface area contributed by atoms with Crippen LogP contribution in [0.1, 0.15) is 15.3 Å². The van der Waals surface area contributed by atoms with Crippen LogP contribution in [0.5, 0.6) is 11.5 Å². The third kappa shape index (κ3) is 5.99. The fourth-order valence-electron chi connectivity index (χ4n) is 4.75. The summed E-state index contributed by atoms with van der Waals surface area (Å²) in [6.07, 6.45) is 1.41. The van der Waals surface area contributed by atoms with Crippen LogP contribution in [0.25, 0.3) is 26.2 Å². The van der Waals surface area contributed by atoms with Crippen molar-refractivity contribution in [2.75, 3.05) is 19.1 Å². The van der Waals surface area contributed by atoms with E-state index in [1.807, 2.05) is 66.7 Å². The minimum atomic E-state index is -1.23. The Morgan fingerprint density at radius 2 is 1.27 bits per heavy atom. The summed E-state index contributed by atoms with van der Waals surface area (Å²) in [7, 11) is 3.31. The molecule has 214 valence electrons. The lowest BCUT2D eigenvalue weighted by Crippen LogP contribution is -2.09. The molecule has 0 saturated heterocycles. The number of carbonyl (C=O) groups is 1. The predicted molar refractivity (Wildman–Crippen MR) is 179 cm³/mol. The average molecular weight is 613 g/mol. The van der Waals surface area contributed by atoms with Crippen molar-refractivity contribution in [1.29, 1.82) is 5.26 Å². The van der Waals surface area contributed by atoms with Gasteiger partial charge in [-0.15, -0.1) is 22.7 Å². The second-order valence-corrected chi connectivity index (χ2v) is 11.9. The fraction of sp³-hybridized carbons (Fsp3) is 0.0556. The van der Waals surface area contributed by atoms with Gasteiger partial charge in [-0.05, 0) is 114 Å². The van der Waals surface area contributed by atoms with Gasteiger partial charge in [0.2, 0.25) is 0 Å². The molecule has 0 fully saturated rings. The molecule has 1 N–H and O–H groups in total. The van der Waals surface area contributed by atoms with Gasteiger partial charge in [-0.2, -0.15) is 5.26 Å². The summed E-state index contributed by atoms with van der Waals surface area (Å²) in [5, 5.41) is 20.3. The number of hydrogen-bond acceptors (Lipinski definition) is 7.